The van der Waals surface area contributed by atoms with Crippen LogP contribution in [0.3, 0.4) is 0 Å². The Balaban J connectivity index is 1.81. The van der Waals surface area contributed by atoms with Crippen molar-refractivity contribution in [1.82, 2.24) is 9.21 Å². The van der Waals surface area contributed by atoms with E-state index in [4.69, 9.17) is 0 Å². The maximum absolute atomic E-state index is 12.8. The molecule has 2 aliphatic heterocycles. The fourth-order valence-electron chi connectivity index (χ4n) is 3.95. The minimum atomic E-state index is -3.58. The first-order chi connectivity index (χ1) is 12.7. The van der Waals surface area contributed by atoms with Gasteiger partial charge in [0, 0.05) is 25.2 Å². The van der Waals surface area contributed by atoms with Gasteiger partial charge in [-0.2, -0.15) is 4.31 Å². The zero-order chi connectivity index (χ0) is 19.8. The van der Waals surface area contributed by atoms with Gasteiger partial charge in [-0.1, -0.05) is 6.92 Å². The predicted octanol–water partition coefficient (Wildman–Crippen LogP) is 2.19. The standard InChI is InChI=1S/C19H26N2O5S/c1-14-5-3-11-20(13-14)27(25,26)16-8-6-15(7-9-16)17(22)21-12-4-10-19(21,2)18(23)24/h6-9,14H,3-5,10-13H2,1-2H3,(H,23,24). The van der Waals surface area contributed by atoms with Crippen LogP contribution in [0.2, 0.25) is 0 Å². The van der Waals surface area contributed by atoms with Gasteiger partial charge < -0.3 is 10.0 Å². The van der Waals surface area contributed by atoms with Gasteiger partial charge in [-0.3, -0.25) is 4.79 Å². The van der Waals surface area contributed by atoms with Crippen LogP contribution in [0.1, 0.15) is 49.9 Å². The predicted molar refractivity (Wildman–Crippen MR) is 99.9 cm³/mol. The van der Waals surface area contributed by atoms with Crippen LogP contribution in [0.15, 0.2) is 29.2 Å². The van der Waals surface area contributed by atoms with Crippen LogP contribution in [0.5, 0.6) is 0 Å². The van der Waals surface area contributed by atoms with Crippen molar-refractivity contribution in [2.75, 3.05) is 19.6 Å². The zero-order valence-electron chi connectivity index (χ0n) is 15.7. The van der Waals surface area contributed by atoms with Crippen LogP contribution in [0, 0.1) is 5.92 Å². The van der Waals surface area contributed by atoms with E-state index in [2.05, 4.69) is 0 Å². The number of hydrogen-bond acceptors (Lipinski definition) is 4. The summed E-state index contributed by atoms with van der Waals surface area (Å²) >= 11 is 0. The van der Waals surface area contributed by atoms with Gasteiger partial charge in [0.15, 0.2) is 0 Å². The number of piperidine rings is 1. The zero-order valence-corrected chi connectivity index (χ0v) is 16.5. The molecule has 1 aromatic rings. The molecule has 1 N–H and O–H groups in total. The molecular formula is C19H26N2O5S. The van der Waals surface area contributed by atoms with Gasteiger partial charge in [-0.05, 0) is 62.8 Å². The Bertz CT molecular complexity index is 836. The Morgan fingerprint density at radius 3 is 2.41 bits per heavy atom. The van der Waals surface area contributed by atoms with E-state index in [1.165, 1.54) is 33.5 Å². The summed E-state index contributed by atoms with van der Waals surface area (Å²) in [6.45, 7) is 4.99. The summed E-state index contributed by atoms with van der Waals surface area (Å²) in [4.78, 5) is 25.9. The molecule has 2 unspecified atom stereocenters. The summed E-state index contributed by atoms with van der Waals surface area (Å²) in [7, 11) is -3.58. The summed E-state index contributed by atoms with van der Waals surface area (Å²) < 4.78 is 27.1. The van der Waals surface area contributed by atoms with Crippen molar-refractivity contribution in [1.29, 1.82) is 0 Å². The fraction of sp³-hybridized carbons (Fsp3) is 0.579. The molecule has 2 fully saturated rings. The number of likely N-dealkylation sites (tertiary alicyclic amines) is 1. The molecule has 1 amide bonds. The molecule has 0 aliphatic carbocycles. The minimum absolute atomic E-state index is 0.163. The smallest absolute Gasteiger partial charge is 0.329 e. The second kappa shape index (κ2) is 7.24. The van der Waals surface area contributed by atoms with Crippen molar-refractivity contribution in [2.24, 2.45) is 5.92 Å². The van der Waals surface area contributed by atoms with E-state index in [0.29, 0.717) is 44.0 Å². The number of sulfonamides is 1. The van der Waals surface area contributed by atoms with Gasteiger partial charge in [0.2, 0.25) is 10.0 Å². The van der Waals surface area contributed by atoms with Gasteiger partial charge in [-0.15, -0.1) is 0 Å². The largest absolute Gasteiger partial charge is 0.480 e. The SMILES string of the molecule is CC1CCCN(S(=O)(=O)c2ccc(C(=O)N3CCCC3(C)C(=O)O)cc2)C1. The van der Waals surface area contributed by atoms with Gasteiger partial charge in [0.05, 0.1) is 4.90 Å². The summed E-state index contributed by atoms with van der Waals surface area (Å²) in [6, 6.07) is 5.83. The van der Waals surface area contributed by atoms with Crippen LogP contribution < -0.4 is 0 Å². The van der Waals surface area contributed by atoms with Crippen LogP contribution in [0.25, 0.3) is 0 Å². The maximum atomic E-state index is 12.8. The van der Waals surface area contributed by atoms with E-state index in [-0.39, 0.29) is 10.8 Å². The van der Waals surface area contributed by atoms with Crippen LogP contribution in [-0.2, 0) is 14.8 Å². The summed E-state index contributed by atoms with van der Waals surface area (Å²) in [5.74, 6) is -1.07. The van der Waals surface area contributed by atoms with Gasteiger partial charge in [0.25, 0.3) is 5.91 Å². The average Bonchev–Trinajstić information content (AvgIpc) is 3.04. The molecule has 3 rings (SSSR count). The van der Waals surface area contributed by atoms with Crippen molar-refractivity contribution in [2.45, 2.75) is 50.0 Å². The summed E-state index contributed by atoms with van der Waals surface area (Å²) in [5.41, 5.74) is -0.915. The molecule has 148 valence electrons. The highest BCUT2D eigenvalue weighted by Crippen LogP contribution is 2.31. The fourth-order valence-corrected chi connectivity index (χ4v) is 5.55. The molecule has 2 heterocycles. The van der Waals surface area contributed by atoms with Gasteiger partial charge in [-0.25, -0.2) is 13.2 Å². The lowest BCUT2D eigenvalue weighted by molar-refractivity contribution is -0.147. The number of carboxylic acids is 1. The number of carbonyl (C=O) groups is 2. The molecule has 2 atom stereocenters. The highest BCUT2D eigenvalue weighted by Gasteiger charge is 2.46. The Morgan fingerprint density at radius 2 is 1.81 bits per heavy atom. The number of carbonyl (C=O) groups excluding carboxylic acids is 1. The third kappa shape index (κ3) is 3.60. The van der Waals surface area contributed by atoms with Crippen molar-refractivity contribution < 1.29 is 23.1 Å². The molecule has 0 aromatic heterocycles. The highest BCUT2D eigenvalue weighted by molar-refractivity contribution is 7.89. The van der Waals surface area contributed by atoms with E-state index in [1.807, 2.05) is 6.92 Å². The average molecular weight is 394 g/mol. The molecule has 2 saturated heterocycles. The number of carboxylic acid groups (broad SMARTS) is 1. The van der Waals surface area contributed by atoms with Gasteiger partial charge in [0.1, 0.15) is 5.54 Å². The number of hydrogen-bond donors (Lipinski definition) is 1. The van der Waals surface area contributed by atoms with E-state index >= 15 is 0 Å². The molecule has 2 aliphatic rings. The van der Waals surface area contributed by atoms with E-state index < -0.39 is 21.5 Å². The van der Waals surface area contributed by atoms with E-state index in [0.717, 1.165) is 12.8 Å². The topological polar surface area (TPSA) is 95.0 Å². The molecule has 27 heavy (non-hydrogen) atoms. The highest BCUT2D eigenvalue weighted by atomic mass is 32.2. The monoisotopic (exact) mass is 394 g/mol. The quantitative estimate of drug-likeness (QED) is 0.845. The molecular weight excluding hydrogens is 368 g/mol. The molecule has 7 nitrogen and oxygen atoms in total. The third-order valence-electron chi connectivity index (χ3n) is 5.71. The lowest BCUT2D eigenvalue weighted by Gasteiger charge is -2.31. The first kappa shape index (κ1) is 19.8. The summed E-state index contributed by atoms with van der Waals surface area (Å²) in [5, 5.41) is 9.48. The lowest BCUT2D eigenvalue weighted by Crippen LogP contribution is -2.50. The molecule has 0 spiro atoms. The van der Waals surface area contributed by atoms with Gasteiger partial charge >= 0.3 is 5.97 Å². The van der Waals surface area contributed by atoms with Crippen LogP contribution >= 0.6 is 0 Å². The molecule has 8 heteroatoms. The Morgan fingerprint density at radius 1 is 1.15 bits per heavy atom. The molecule has 0 radical (unpaired) electrons. The Labute approximate surface area is 160 Å². The van der Waals surface area contributed by atoms with Crippen LogP contribution in [-0.4, -0.2) is 59.8 Å². The number of amides is 1. The van der Waals surface area contributed by atoms with Crippen molar-refractivity contribution in [3.8, 4) is 0 Å². The Hall–Kier alpha value is -1.93. The minimum Gasteiger partial charge on any atom is -0.480 e. The van der Waals surface area contributed by atoms with Crippen LogP contribution in [0.4, 0.5) is 0 Å². The first-order valence-corrected chi connectivity index (χ1v) is 10.8. The lowest BCUT2D eigenvalue weighted by atomic mass is 9.98. The van der Waals surface area contributed by atoms with Crippen molar-refractivity contribution in [3.63, 3.8) is 0 Å². The molecule has 0 bridgehead atoms. The number of rotatable bonds is 4. The number of nitrogens with zero attached hydrogens (tertiary/aromatic N) is 2. The second-order valence-electron chi connectivity index (χ2n) is 7.77. The summed E-state index contributed by atoms with van der Waals surface area (Å²) in [6.07, 6.45) is 2.92. The first-order valence-electron chi connectivity index (χ1n) is 9.32. The van der Waals surface area contributed by atoms with E-state index in [1.54, 1.807) is 6.92 Å². The maximum Gasteiger partial charge on any atom is 0.329 e. The van der Waals surface area contributed by atoms with Crippen molar-refractivity contribution >= 4 is 21.9 Å². The number of benzene rings is 1. The normalized spacial score (nSPS) is 26.9. The Kier molecular flexibility index (Phi) is 5.31. The number of aliphatic carboxylic acids is 1. The van der Waals surface area contributed by atoms with E-state index in [9.17, 15) is 23.1 Å². The molecule has 0 saturated carbocycles. The second-order valence-corrected chi connectivity index (χ2v) is 9.71. The molecule has 1 aromatic carbocycles. The third-order valence-corrected chi connectivity index (χ3v) is 7.59. The van der Waals surface area contributed by atoms with Crippen molar-refractivity contribution in [3.05, 3.63) is 29.8 Å².